The van der Waals surface area contributed by atoms with E-state index in [9.17, 15) is 5.11 Å². The summed E-state index contributed by atoms with van der Waals surface area (Å²) in [7, 11) is 1.59. The fourth-order valence-corrected chi connectivity index (χ4v) is 1.83. The predicted molar refractivity (Wildman–Crippen MR) is 78.0 cm³/mol. The molecule has 2 unspecified atom stereocenters. The summed E-state index contributed by atoms with van der Waals surface area (Å²) in [6.07, 6.45) is -0.159. The summed E-state index contributed by atoms with van der Waals surface area (Å²) in [5.74, 6) is 0.461. The van der Waals surface area contributed by atoms with Gasteiger partial charge >= 0.3 is 0 Å². The van der Waals surface area contributed by atoms with Crippen LogP contribution in [-0.4, -0.2) is 55.8 Å². The molecule has 0 spiro atoms. The minimum absolute atomic E-state index is 0.0129. The quantitative estimate of drug-likeness (QED) is 0.574. The number of hydrogen-bond acceptors (Lipinski definition) is 6. The Morgan fingerprint density at radius 1 is 1.33 bits per heavy atom. The van der Waals surface area contributed by atoms with Crippen molar-refractivity contribution in [1.82, 2.24) is 5.32 Å². The molecule has 3 N–H and O–H groups in total. The first-order chi connectivity index (χ1) is 10.2. The van der Waals surface area contributed by atoms with Gasteiger partial charge in [0.2, 0.25) is 0 Å². The van der Waals surface area contributed by atoms with E-state index in [1.165, 1.54) is 0 Å². The maximum atomic E-state index is 9.89. The van der Waals surface area contributed by atoms with Crippen LogP contribution < -0.4 is 10.1 Å². The minimum Gasteiger partial charge on any atom is -0.489 e. The highest BCUT2D eigenvalue weighted by Crippen LogP contribution is 2.16. The Hall–Kier alpha value is -1.65. The lowest BCUT2D eigenvalue weighted by Crippen LogP contribution is -2.40. The van der Waals surface area contributed by atoms with Crippen LogP contribution in [0, 0.1) is 11.3 Å². The highest BCUT2D eigenvalue weighted by atomic mass is 16.5. The smallest absolute Gasteiger partial charge is 0.137 e. The van der Waals surface area contributed by atoms with E-state index in [1.54, 1.807) is 31.4 Å². The van der Waals surface area contributed by atoms with Crippen molar-refractivity contribution in [3.63, 3.8) is 0 Å². The monoisotopic (exact) mass is 294 g/mol. The summed E-state index contributed by atoms with van der Waals surface area (Å²) in [5, 5.41) is 30.9. The van der Waals surface area contributed by atoms with E-state index in [2.05, 4.69) is 5.32 Å². The molecule has 0 aliphatic rings. The number of methoxy groups -OCH3 is 1. The van der Waals surface area contributed by atoms with Crippen molar-refractivity contribution in [1.29, 1.82) is 5.26 Å². The molecule has 2 atom stereocenters. The van der Waals surface area contributed by atoms with E-state index in [1.807, 2.05) is 6.07 Å². The topological polar surface area (TPSA) is 94.7 Å². The standard InChI is InChI=1S/C15H22N2O4/c1-20-10-13(6-7-18)17-9-14(19)11-21-15-5-3-2-4-12(15)8-16/h2-5,13-14,17-19H,6-7,9-11H2,1H3. The first kappa shape index (κ1) is 17.4. The predicted octanol–water partition coefficient (Wildman–Crippen LogP) is 0.285. The zero-order valence-corrected chi connectivity index (χ0v) is 12.2. The van der Waals surface area contributed by atoms with Crippen molar-refractivity contribution in [2.45, 2.75) is 18.6 Å². The largest absolute Gasteiger partial charge is 0.489 e. The Labute approximate surface area is 124 Å². The minimum atomic E-state index is -0.713. The molecule has 0 aliphatic carbocycles. The van der Waals surface area contributed by atoms with Gasteiger partial charge in [0.05, 0.1) is 12.2 Å². The lowest BCUT2D eigenvalue weighted by Gasteiger charge is -2.19. The Kier molecular flexibility index (Phi) is 8.40. The number of aliphatic hydroxyl groups is 2. The lowest BCUT2D eigenvalue weighted by atomic mass is 10.2. The molecule has 116 valence electrons. The molecule has 0 aromatic heterocycles. The van der Waals surface area contributed by atoms with Crippen LogP contribution in [0.25, 0.3) is 0 Å². The summed E-state index contributed by atoms with van der Waals surface area (Å²) < 4.78 is 10.5. The summed E-state index contributed by atoms with van der Waals surface area (Å²) in [6, 6.07) is 8.91. The summed E-state index contributed by atoms with van der Waals surface area (Å²) in [5.41, 5.74) is 0.440. The molecule has 0 aliphatic heterocycles. The molecule has 0 fully saturated rings. The zero-order valence-electron chi connectivity index (χ0n) is 12.2. The van der Waals surface area contributed by atoms with Gasteiger partial charge in [0, 0.05) is 26.3 Å². The van der Waals surface area contributed by atoms with Crippen LogP contribution in [0.3, 0.4) is 0 Å². The van der Waals surface area contributed by atoms with Gasteiger partial charge in [-0.3, -0.25) is 0 Å². The second-order valence-electron chi connectivity index (χ2n) is 4.65. The van der Waals surface area contributed by atoms with Crippen LogP contribution in [-0.2, 0) is 4.74 Å². The van der Waals surface area contributed by atoms with Gasteiger partial charge in [-0.05, 0) is 18.6 Å². The van der Waals surface area contributed by atoms with Crippen molar-refractivity contribution in [2.75, 3.05) is 33.5 Å². The van der Waals surface area contributed by atoms with Gasteiger partial charge in [-0.25, -0.2) is 0 Å². The number of aliphatic hydroxyl groups excluding tert-OH is 2. The first-order valence-corrected chi connectivity index (χ1v) is 6.84. The third kappa shape index (κ3) is 6.56. The molecule has 21 heavy (non-hydrogen) atoms. The molecule has 6 nitrogen and oxygen atoms in total. The maximum Gasteiger partial charge on any atom is 0.137 e. The number of nitrogens with zero attached hydrogens (tertiary/aromatic N) is 1. The van der Waals surface area contributed by atoms with Gasteiger partial charge < -0.3 is 25.0 Å². The van der Waals surface area contributed by atoms with Gasteiger partial charge in [-0.1, -0.05) is 12.1 Å². The van der Waals surface area contributed by atoms with Crippen LogP contribution in [0.15, 0.2) is 24.3 Å². The van der Waals surface area contributed by atoms with Crippen molar-refractivity contribution < 1.29 is 19.7 Å². The molecule has 0 heterocycles. The average Bonchev–Trinajstić information content (AvgIpc) is 2.51. The van der Waals surface area contributed by atoms with E-state index in [0.717, 1.165) is 0 Å². The third-order valence-electron chi connectivity index (χ3n) is 2.93. The number of nitriles is 1. The van der Waals surface area contributed by atoms with E-state index in [0.29, 0.717) is 30.9 Å². The number of benzene rings is 1. The van der Waals surface area contributed by atoms with Crippen molar-refractivity contribution in [3.8, 4) is 11.8 Å². The number of para-hydroxylation sites is 1. The van der Waals surface area contributed by atoms with Crippen LogP contribution in [0.5, 0.6) is 5.75 Å². The highest BCUT2D eigenvalue weighted by Gasteiger charge is 2.12. The Balaban J connectivity index is 2.36. The maximum absolute atomic E-state index is 9.89. The molecule has 0 amide bonds. The number of ether oxygens (including phenoxy) is 2. The Morgan fingerprint density at radius 2 is 2.10 bits per heavy atom. The lowest BCUT2D eigenvalue weighted by molar-refractivity contribution is 0.0918. The number of nitrogens with one attached hydrogen (secondary N) is 1. The zero-order chi connectivity index (χ0) is 15.5. The van der Waals surface area contributed by atoms with Crippen molar-refractivity contribution >= 4 is 0 Å². The molecule has 0 saturated heterocycles. The van der Waals surface area contributed by atoms with Gasteiger partial charge in [-0.15, -0.1) is 0 Å². The van der Waals surface area contributed by atoms with Gasteiger partial charge in [-0.2, -0.15) is 5.26 Å². The fourth-order valence-electron chi connectivity index (χ4n) is 1.83. The first-order valence-electron chi connectivity index (χ1n) is 6.84. The summed E-state index contributed by atoms with van der Waals surface area (Å²) >= 11 is 0. The Morgan fingerprint density at radius 3 is 2.76 bits per heavy atom. The second-order valence-corrected chi connectivity index (χ2v) is 4.65. The molecule has 1 aromatic carbocycles. The molecule has 0 bridgehead atoms. The van der Waals surface area contributed by atoms with Crippen LogP contribution in [0.2, 0.25) is 0 Å². The van der Waals surface area contributed by atoms with E-state index >= 15 is 0 Å². The summed E-state index contributed by atoms with van der Waals surface area (Å²) in [6.45, 7) is 0.932. The molecule has 1 rings (SSSR count). The molecule has 0 radical (unpaired) electrons. The van der Waals surface area contributed by atoms with E-state index in [-0.39, 0.29) is 19.3 Å². The molecular formula is C15H22N2O4. The fraction of sp³-hybridized carbons (Fsp3) is 0.533. The van der Waals surface area contributed by atoms with Crippen LogP contribution in [0.1, 0.15) is 12.0 Å². The molecule has 1 aromatic rings. The van der Waals surface area contributed by atoms with Gasteiger partial charge in [0.1, 0.15) is 24.5 Å². The molecule has 0 saturated carbocycles. The summed E-state index contributed by atoms with van der Waals surface area (Å²) in [4.78, 5) is 0. The average molecular weight is 294 g/mol. The van der Waals surface area contributed by atoms with E-state index in [4.69, 9.17) is 19.8 Å². The van der Waals surface area contributed by atoms with Crippen molar-refractivity contribution in [3.05, 3.63) is 29.8 Å². The van der Waals surface area contributed by atoms with E-state index < -0.39 is 6.10 Å². The van der Waals surface area contributed by atoms with Gasteiger partial charge in [0.15, 0.2) is 0 Å². The normalized spacial score (nSPS) is 13.4. The van der Waals surface area contributed by atoms with Crippen molar-refractivity contribution in [2.24, 2.45) is 0 Å². The number of hydrogen-bond donors (Lipinski definition) is 3. The second kappa shape index (κ2) is 10.1. The number of rotatable bonds is 10. The van der Waals surface area contributed by atoms with Gasteiger partial charge in [0.25, 0.3) is 0 Å². The molecule has 6 heteroatoms. The SMILES string of the molecule is COCC(CCO)NCC(O)COc1ccccc1C#N. The molecular weight excluding hydrogens is 272 g/mol. The Bertz CT molecular complexity index is 442. The van der Waals surface area contributed by atoms with Crippen LogP contribution >= 0.6 is 0 Å². The van der Waals surface area contributed by atoms with Crippen LogP contribution in [0.4, 0.5) is 0 Å². The highest BCUT2D eigenvalue weighted by molar-refractivity contribution is 5.42. The third-order valence-corrected chi connectivity index (χ3v) is 2.93.